The molecule has 11 heteroatoms. The Balaban J connectivity index is 1.77. The van der Waals surface area contributed by atoms with Crippen molar-refractivity contribution in [2.24, 2.45) is 0 Å². The summed E-state index contributed by atoms with van der Waals surface area (Å²) in [4.78, 5) is 12.6. The van der Waals surface area contributed by atoms with Gasteiger partial charge in [-0.2, -0.15) is 0 Å². The summed E-state index contributed by atoms with van der Waals surface area (Å²) in [6.45, 7) is 3.55. The fourth-order valence-corrected chi connectivity index (χ4v) is 4.78. The lowest BCUT2D eigenvalue weighted by Gasteiger charge is -2.13. The Morgan fingerprint density at radius 1 is 0.824 bits per heavy atom. The summed E-state index contributed by atoms with van der Waals surface area (Å²) >= 11 is 0. The standard InChI is InChI=1S/C23H25N3O6S2/c1-15-5-12-22(32-3)21(13-15)26-34(30,31)19-10-8-18(9-11-19)24-23(27)17-7-6-16(2)20(14-17)25-33(4,28)29/h5-14,25-26H,1-4H3,(H,24,27). The van der Waals surface area contributed by atoms with Crippen LogP contribution >= 0.6 is 0 Å². The van der Waals surface area contributed by atoms with E-state index in [4.69, 9.17) is 4.74 Å². The average molecular weight is 504 g/mol. The molecule has 0 fully saturated rings. The first kappa shape index (κ1) is 25.1. The van der Waals surface area contributed by atoms with E-state index in [0.717, 1.165) is 11.8 Å². The van der Waals surface area contributed by atoms with Crippen LogP contribution in [0.2, 0.25) is 0 Å². The van der Waals surface area contributed by atoms with Gasteiger partial charge in [-0.25, -0.2) is 16.8 Å². The predicted octanol–water partition coefficient (Wildman–Crippen LogP) is 3.74. The lowest BCUT2D eigenvalue weighted by atomic mass is 10.1. The zero-order valence-corrected chi connectivity index (χ0v) is 20.7. The number of hydrogen-bond acceptors (Lipinski definition) is 6. The minimum absolute atomic E-state index is 0.00373. The molecule has 0 radical (unpaired) electrons. The largest absolute Gasteiger partial charge is 0.495 e. The molecular formula is C23H25N3O6S2. The fourth-order valence-electron chi connectivity index (χ4n) is 3.10. The van der Waals surface area contributed by atoms with Gasteiger partial charge in [0, 0.05) is 11.3 Å². The molecule has 3 aromatic rings. The highest BCUT2D eigenvalue weighted by Gasteiger charge is 2.17. The number of rotatable bonds is 8. The number of sulfonamides is 2. The van der Waals surface area contributed by atoms with E-state index in [1.54, 1.807) is 31.2 Å². The Hall–Kier alpha value is -3.57. The van der Waals surface area contributed by atoms with Gasteiger partial charge in [0.05, 0.1) is 29.6 Å². The number of amides is 1. The lowest BCUT2D eigenvalue weighted by Crippen LogP contribution is -2.15. The minimum atomic E-state index is -3.90. The van der Waals surface area contributed by atoms with Crippen LogP contribution in [0.5, 0.6) is 5.75 Å². The van der Waals surface area contributed by atoms with Crippen molar-refractivity contribution < 1.29 is 26.4 Å². The van der Waals surface area contributed by atoms with E-state index in [-0.39, 0.29) is 10.5 Å². The Labute approximate surface area is 199 Å². The van der Waals surface area contributed by atoms with Gasteiger partial charge in [0.1, 0.15) is 5.75 Å². The van der Waals surface area contributed by atoms with E-state index in [1.165, 1.54) is 37.4 Å². The molecule has 0 aromatic heterocycles. The first-order chi connectivity index (χ1) is 15.9. The molecule has 0 unspecified atom stereocenters. The van der Waals surface area contributed by atoms with Crippen LogP contribution in [-0.4, -0.2) is 36.1 Å². The molecule has 0 aliphatic heterocycles. The van der Waals surface area contributed by atoms with E-state index in [2.05, 4.69) is 14.8 Å². The summed E-state index contributed by atoms with van der Waals surface area (Å²) < 4.78 is 58.8. The summed E-state index contributed by atoms with van der Waals surface area (Å²) in [6, 6.07) is 15.4. The summed E-state index contributed by atoms with van der Waals surface area (Å²) in [5, 5.41) is 2.67. The van der Waals surface area contributed by atoms with Crippen molar-refractivity contribution in [1.29, 1.82) is 0 Å². The zero-order valence-electron chi connectivity index (χ0n) is 19.0. The topological polar surface area (TPSA) is 131 Å². The maximum absolute atomic E-state index is 12.8. The predicted molar refractivity (Wildman–Crippen MR) is 133 cm³/mol. The molecule has 0 bridgehead atoms. The molecule has 0 heterocycles. The van der Waals surface area contributed by atoms with Crippen LogP contribution in [0.25, 0.3) is 0 Å². The third-order valence-electron chi connectivity index (χ3n) is 4.82. The van der Waals surface area contributed by atoms with Crippen molar-refractivity contribution in [1.82, 2.24) is 0 Å². The fraction of sp³-hybridized carbons (Fsp3) is 0.174. The maximum Gasteiger partial charge on any atom is 0.262 e. The highest BCUT2D eigenvalue weighted by atomic mass is 32.2. The van der Waals surface area contributed by atoms with Crippen molar-refractivity contribution in [2.75, 3.05) is 28.1 Å². The second-order valence-electron chi connectivity index (χ2n) is 7.69. The second-order valence-corrected chi connectivity index (χ2v) is 11.1. The third-order valence-corrected chi connectivity index (χ3v) is 6.79. The van der Waals surface area contributed by atoms with Gasteiger partial charge in [0.2, 0.25) is 10.0 Å². The van der Waals surface area contributed by atoms with Crippen LogP contribution in [0.3, 0.4) is 0 Å². The zero-order chi connectivity index (χ0) is 25.1. The van der Waals surface area contributed by atoms with Gasteiger partial charge >= 0.3 is 0 Å². The first-order valence-electron chi connectivity index (χ1n) is 10.1. The molecule has 0 atom stereocenters. The van der Waals surface area contributed by atoms with Crippen LogP contribution in [0, 0.1) is 13.8 Å². The van der Waals surface area contributed by atoms with Crippen LogP contribution in [-0.2, 0) is 20.0 Å². The number of methoxy groups -OCH3 is 1. The maximum atomic E-state index is 12.8. The van der Waals surface area contributed by atoms with Crippen LogP contribution in [0.4, 0.5) is 17.1 Å². The molecule has 0 aliphatic rings. The van der Waals surface area contributed by atoms with E-state index in [1.807, 2.05) is 13.0 Å². The van der Waals surface area contributed by atoms with Crippen molar-refractivity contribution in [3.63, 3.8) is 0 Å². The molecule has 3 N–H and O–H groups in total. The first-order valence-corrected chi connectivity index (χ1v) is 13.4. The number of carbonyl (C=O) groups is 1. The van der Waals surface area contributed by atoms with Gasteiger partial charge in [0.15, 0.2) is 0 Å². The van der Waals surface area contributed by atoms with Crippen LogP contribution in [0.15, 0.2) is 65.6 Å². The van der Waals surface area contributed by atoms with Gasteiger partial charge in [-0.1, -0.05) is 12.1 Å². The molecule has 0 saturated heterocycles. The number of hydrogen-bond donors (Lipinski definition) is 3. The average Bonchev–Trinajstić information content (AvgIpc) is 2.74. The molecular weight excluding hydrogens is 478 g/mol. The normalized spacial score (nSPS) is 11.5. The molecule has 1 amide bonds. The Bertz CT molecular complexity index is 1430. The monoisotopic (exact) mass is 503 g/mol. The number of aryl methyl sites for hydroxylation is 2. The lowest BCUT2D eigenvalue weighted by molar-refractivity contribution is 0.102. The van der Waals surface area contributed by atoms with Crippen molar-refractivity contribution >= 4 is 43.0 Å². The molecule has 180 valence electrons. The SMILES string of the molecule is COc1ccc(C)cc1NS(=O)(=O)c1ccc(NC(=O)c2ccc(C)c(NS(C)(=O)=O)c2)cc1. The summed E-state index contributed by atoms with van der Waals surface area (Å²) in [7, 11) is -5.94. The van der Waals surface area contributed by atoms with Crippen molar-refractivity contribution in [3.05, 3.63) is 77.4 Å². The van der Waals surface area contributed by atoms with Crippen molar-refractivity contribution in [3.8, 4) is 5.75 Å². The van der Waals surface area contributed by atoms with E-state index >= 15 is 0 Å². The number of carbonyl (C=O) groups excluding carboxylic acids is 1. The Morgan fingerprint density at radius 3 is 2.12 bits per heavy atom. The van der Waals surface area contributed by atoms with Gasteiger partial charge in [-0.3, -0.25) is 14.2 Å². The van der Waals surface area contributed by atoms with E-state index in [9.17, 15) is 21.6 Å². The van der Waals surface area contributed by atoms with Gasteiger partial charge < -0.3 is 10.1 Å². The van der Waals surface area contributed by atoms with Crippen LogP contribution in [0.1, 0.15) is 21.5 Å². The highest BCUT2D eigenvalue weighted by Crippen LogP contribution is 2.28. The summed E-state index contributed by atoms with van der Waals surface area (Å²) in [6.07, 6.45) is 1.03. The molecule has 0 saturated carbocycles. The highest BCUT2D eigenvalue weighted by molar-refractivity contribution is 7.92. The molecule has 34 heavy (non-hydrogen) atoms. The van der Waals surface area contributed by atoms with Gasteiger partial charge in [-0.15, -0.1) is 0 Å². The molecule has 0 aliphatic carbocycles. The number of anilines is 3. The Kier molecular flexibility index (Phi) is 7.18. The smallest absolute Gasteiger partial charge is 0.262 e. The molecule has 0 spiro atoms. The third kappa shape index (κ3) is 6.27. The number of benzene rings is 3. The number of ether oxygens (including phenoxy) is 1. The van der Waals surface area contributed by atoms with E-state index in [0.29, 0.717) is 28.4 Å². The summed E-state index contributed by atoms with van der Waals surface area (Å²) in [5.41, 5.74) is 2.75. The minimum Gasteiger partial charge on any atom is -0.495 e. The van der Waals surface area contributed by atoms with Gasteiger partial charge in [-0.05, 0) is 73.5 Å². The number of nitrogens with one attached hydrogen (secondary N) is 3. The molecule has 9 nitrogen and oxygen atoms in total. The Morgan fingerprint density at radius 2 is 1.50 bits per heavy atom. The quantitative estimate of drug-likeness (QED) is 0.429. The second kappa shape index (κ2) is 9.74. The van der Waals surface area contributed by atoms with Gasteiger partial charge in [0.25, 0.3) is 15.9 Å². The van der Waals surface area contributed by atoms with Crippen LogP contribution < -0.4 is 19.5 Å². The molecule has 3 aromatic carbocycles. The van der Waals surface area contributed by atoms with E-state index < -0.39 is 26.0 Å². The molecule has 3 rings (SSSR count). The summed E-state index contributed by atoms with van der Waals surface area (Å²) in [5.74, 6) is -0.0873. The van der Waals surface area contributed by atoms with Crippen molar-refractivity contribution in [2.45, 2.75) is 18.7 Å².